The van der Waals surface area contributed by atoms with E-state index in [4.69, 9.17) is 4.98 Å². The lowest BCUT2D eigenvalue weighted by atomic mass is 9.97. The summed E-state index contributed by atoms with van der Waals surface area (Å²) in [6.45, 7) is 5.91. The van der Waals surface area contributed by atoms with Crippen LogP contribution in [-0.2, 0) is 11.3 Å². The van der Waals surface area contributed by atoms with Crippen LogP contribution in [0.4, 0.5) is 0 Å². The summed E-state index contributed by atoms with van der Waals surface area (Å²) < 4.78 is 1.90. The Labute approximate surface area is 146 Å². The molecule has 3 aromatic rings. The minimum atomic E-state index is 0.151. The molecule has 0 aliphatic carbocycles. The van der Waals surface area contributed by atoms with Gasteiger partial charge in [0, 0.05) is 31.4 Å². The quantitative estimate of drug-likeness (QED) is 0.799. The number of carbonyl (C=O) groups is 1. The maximum Gasteiger partial charge on any atom is 0.242 e. The van der Waals surface area contributed by atoms with Gasteiger partial charge in [0.2, 0.25) is 5.91 Å². The number of hydrogen-bond donors (Lipinski definition) is 1. The smallest absolute Gasteiger partial charge is 0.242 e. The van der Waals surface area contributed by atoms with E-state index in [2.05, 4.69) is 29.0 Å². The summed E-state index contributed by atoms with van der Waals surface area (Å²) in [4.78, 5) is 27.1. The van der Waals surface area contributed by atoms with Gasteiger partial charge in [-0.25, -0.2) is 9.97 Å². The Kier molecular flexibility index (Phi) is 4.03. The number of piperidine rings is 1. The standard InChI is InChI=1S/C19H23N5O/c1-13-5-3-7-16-18(13)22-19(21-16)15-6-4-9-24(11-15)17(25)12-23-10-8-20-14(23)2/h3,5,7-8,10,15H,4,6,9,11-12H2,1-2H3,(H,21,22). The number of fused-ring (bicyclic) bond motifs is 1. The number of aromatic nitrogens is 4. The molecule has 6 nitrogen and oxygen atoms in total. The fraction of sp³-hybridized carbons (Fsp3) is 0.421. The van der Waals surface area contributed by atoms with Crippen molar-refractivity contribution >= 4 is 16.9 Å². The van der Waals surface area contributed by atoms with Gasteiger partial charge < -0.3 is 14.5 Å². The fourth-order valence-electron chi connectivity index (χ4n) is 3.63. The third-order valence-corrected chi connectivity index (χ3v) is 5.12. The Morgan fingerprint density at radius 1 is 1.36 bits per heavy atom. The Balaban J connectivity index is 1.51. The van der Waals surface area contributed by atoms with Crippen molar-refractivity contribution in [2.24, 2.45) is 0 Å². The average molecular weight is 337 g/mol. The first-order valence-electron chi connectivity index (χ1n) is 8.82. The zero-order valence-electron chi connectivity index (χ0n) is 14.7. The number of amides is 1. The summed E-state index contributed by atoms with van der Waals surface area (Å²) in [6, 6.07) is 6.19. The molecule has 130 valence electrons. The third kappa shape index (κ3) is 3.04. The molecule has 0 bridgehead atoms. The Hall–Kier alpha value is -2.63. The molecule has 1 saturated heterocycles. The number of aromatic amines is 1. The molecule has 1 atom stereocenters. The van der Waals surface area contributed by atoms with Gasteiger partial charge in [-0.2, -0.15) is 0 Å². The molecule has 1 unspecified atom stereocenters. The number of benzene rings is 1. The van der Waals surface area contributed by atoms with Gasteiger partial charge in [-0.1, -0.05) is 12.1 Å². The number of nitrogens with one attached hydrogen (secondary N) is 1. The van der Waals surface area contributed by atoms with Crippen LogP contribution in [0.25, 0.3) is 11.0 Å². The van der Waals surface area contributed by atoms with Gasteiger partial charge in [-0.15, -0.1) is 0 Å². The van der Waals surface area contributed by atoms with E-state index < -0.39 is 0 Å². The van der Waals surface area contributed by atoms with Crippen LogP contribution in [0.2, 0.25) is 0 Å². The van der Waals surface area contributed by atoms with Crippen LogP contribution >= 0.6 is 0 Å². The van der Waals surface area contributed by atoms with Crippen LogP contribution in [0, 0.1) is 13.8 Å². The first-order chi connectivity index (χ1) is 12.1. The van der Waals surface area contributed by atoms with E-state index in [-0.39, 0.29) is 11.8 Å². The maximum atomic E-state index is 12.7. The van der Waals surface area contributed by atoms with Gasteiger partial charge in [0.25, 0.3) is 0 Å². The molecule has 1 aliphatic rings. The number of H-pyrrole nitrogens is 1. The van der Waals surface area contributed by atoms with Crippen LogP contribution < -0.4 is 0 Å². The molecule has 1 N–H and O–H groups in total. The largest absolute Gasteiger partial charge is 0.342 e. The van der Waals surface area contributed by atoms with Crippen molar-refractivity contribution in [3.63, 3.8) is 0 Å². The molecule has 1 amide bonds. The van der Waals surface area contributed by atoms with Gasteiger partial charge in [-0.05, 0) is 38.3 Å². The minimum absolute atomic E-state index is 0.151. The predicted molar refractivity (Wildman–Crippen MR) is 96.3 cm³/mol. The van der Waals surface area contributed by atoms with Crippen molar-refractivity contribution in [1.82, 2.24) is 24.4 Å². The highest BCUT2D eigenvalue weighted by Crippen LogP contribution is 2.27. The number of aryl methyl sites for hydroxylation is 2. The number of imidazole rings is 2. The van der Waals surface area contributed by atoms with E-state index in [1.165, 1.54) is 5.56 Å². The van der Waals surface area contributed by atoms with Gasteiger partial charge in [0.15, 0.2) is 0 Å². The molecule has 0 spiro atoms. The van der Waals surface area contributed by atoms with Crippen molar-refractivity contribution in [2.45, 2.75) is 39.2 Å². The van der Waals surface area contributed by atoms with E-state index in [1.807, 2.05) is 28.7 Å². The molecule has 3 heterocycles. The second-order valence-corrected chi connectivity index (χ2v) is 6.87. The van der Waals surface area contributed by atoms with E-state index in [0.29, 0.717) is 6.54 Å². The van der Waals surface area contributed by atoms with Crippen molar-refractivity contribution in [3.05, 3.63) is 47.8 Å². The van der Waals surface area contributed by atoms with Gasteiger partial charge in [-0.3, -0.25) is 4.79 Å². The average Bonchev–Trinajstić information content (AvgIpc) is 3.23. The van der Waals surface area contributed by atoms with E-state index in [0.717, 1.165) is 48.6 Å². The second-order valence-electron chi connectivity index (χ2n) is 6.87. The molecule has 25 heavy (non-hydrogen) atoms. The van der Waals surface area contributed by atoms with E-state index in [1.54, 1.807) is 6.20 Å². The number of likely N-dealkylation sites (tertiary alicyclic amines) is 1. The van der Waals surface area contributed by atoms with Gasteiger partial charge in [0.1, 0.15) is 18.2 Å². The van der Waals surface area contributed by atoms with Crippen molar-refractivity contribution in [1.29, 1.82) is 0 Å². The van der Waals surface area contributed by atoms with Crippen molar-refractivity contribution in [2.75, 3.05) is 13.1 Å². The molecule has 1 aliphatic heterocycles. The highest BCUT2D eigenvalue weighted by atomic mass is 16.2. The lowest BCUT2D eigenvalue weighted by molar-refractivity contribution is -0.133. The Bertz CT molecular complexity index is 910. The first-order valence-corrected chi connectivity index (χ1v) is 8.82. The summed E-state index contributed by atoms with van der Waals surface area (Å²) in [7, 11) is 0. The Morgan fingerprint density at radius 2 is 2.24 bits per heavy atom. The van der Waals surface area contributed by atoms with Crippen LogP contribution in [0.5, 0.6) is 0 Å². The van der Waals surface area contributed by atoms with Crippen molar-refractivity contribution in [3.8, 4) is 0 Å². The summed E-state index contributed by atoms with van der Waals surface area (Å²) in [5, 5.41) is 0. The summed E-state index contributed by atoms with van der Waals surface area (Å²) in [5.41, 5.74) is 3.29. The number of hydrogen-bond acceptors (Lipinski definition) is 3. The second kappa shape index (κ2) is 6.35. The summed E-state index contributed by atoms with van der Waals surface area (Å²) >= 11 is 0. The molecule has 0 saturated carbocycles. The molecule has 4 rings (SSSR count). The highest BCUT2D eigenvalue weighted by Gasteiger charge is 2.27. The normalized spacial score (nSPS) is 18.0. The number of rotatable bonds is 3. The van der Waals surface area contributed by atoms with E-state index >= 15 is 0 Å². The number of carbonyl (C=O) groups excluding carboxylic acids is 1. The van der Waals surface area contributed by atoms with Crippen LogP contribution in [0.3, 0.4) is 0 Å². The van der Waals surface area contributed by atoms with Gasteiger partial charge >= 0.3 is 0 Å². The lowest BCUT2D eigenvalue weighted by Crippen LogP contribution is -2.41. The molecular weight excluding hydrogens is 314 g/mol. The van der Waals surface area contributed by atoms with E-state index in [9.17, 15) is 4.79 Å². The Morgan fingerprint density at radius 3 is 3.00 bits per heavy atom. The summed E-state index contributed by atoms with van der Waals surface area (Å²) in [6.07, 6.45) is 5.66. The molecular formula is C19H23N5O. The zero-order valence-corrected chi connectivity index (χ0v) is 14.7. The third-order valence-electron chi connectivity index (χ3n) is 5.12. The predicted octanol–water partition coefficient (Wildman–Crippen LogP) is 2.78. The van der Waals surface area contributed by atoms with Crippen molar-refractivity contribution < 1.29 is 4.79 Å². The maximum absolute atomic E-state index is 12.7. The van der Waals surface area contributed by atoms with Crippen LogP contribution in [0.15, 0.2) is 30.6 Å². The van der Waals surface area contributed by atoms with Gasteiger partial charge in [0.05, 0.1) is 11.0 Å². The monoisotopic (exact) mass is 337 g/mol. The zero-order chi connectivity index (χ0) is 17.4. The molecule has 1 aromatic carbocycles. The number of nitrogens with zero attached hydrogens (tertiary/aromatic N) is 4. The number of para-hydroxylation sites is 1. The molecule has 2 aromatic heterocycles. The molecule has 1 fully saturated rings. The molecule has 6 heteroatoms. The minimum Gasteiger partial charge on any atom is -0.342 e. The SMILES string of the molecule is Cc1cccc2[nH]c(C3CCCN(C(=O)Cn4ccnc4C)C3)nc12. The van der Waals surface area contributed by atoms with Crippen LogP contribution in [0.1, 0.15) is 36.0 Å². The first kappa shape index (κ1) is 15.9. The fourth-order valence-corrected chi connectivity index (χ4v) is 3.63. The summed E-state index contributed by atoms with van der Waals surface area (Å²) in [5.74, 6) is 2.29. The molecule has 0 radical (unpaired) electrons. The topological polar surface area (TPSA) is 66.8 Å². The highest BCUT2D eigenvalue weighted by molar-refractivity contribution is 5.79. The lowest BCUT2D eigenvalue weighted by Gasteiger charge is -2.32. The van der Waals surface area contributed by atoms with Crippen LogP contribution in [-0.4, -0.2) is 43.4 Å².